The van der Waals surface area contributed by atoms with Crippen LogP contribution in [-0.2, 0) is 0 Å². The zero-order valence-electron chi connectivity index (χ0n) is 15.4. The monoisotopic (exact) mass is 387 g/mol. The van der Waals surface area contributed by atoms with Gasteiger partial charge in [-0.1, -0.05) is 18.2 Å². The van der Waals surface area contributed by atoms with Crippen LogP contribution >= 0.6 is 0 Å². The van der Waals surface area contributed by atoms with E-state index < -0.39 is 11.7 Å². The van der Waals surface area contributed by atoms with E-state index in [9.17, 15) is 24.9 Å². The summed E-state index contributed by atoms with van der Waals surface area (Å²) in [6.45, 7) is 0.640. The number of para-hydroxylation sites is 2. The molecule has 28 heavy (non-hydrogen) atoms. The molecule has 0 unspecified atom stereocenters. The van der Waals surface area contributed by atoms with E-state index in [-0.39, 0.29) is 41.1 Å². The van der Waals surface area contributed by atoms with E-state index in [1.807, 2.05) is 0 Å². The van der Waals surface area contributed by atoms with Gasteiger partial charge >= 0.3 is 0 Å². The molecule has 0 saturated carbocycles. The van der Waals surface area contributed by atoms with Crippen molar-refractivity contribution in [2.45, 2.75) is 25.3 Å². The normalized spacial score (nSPS) is 11.6. The van der Waals surface area contributed by atoms with Crippen molar-refractivity contribution in [3.63, 3.8) is 0 Å². The number of hydrogen-bond acceptors (Lipinski definition) is 6. The van der Waals surface area contributed by atoms with Gasteiger partial charge in [0, 0.05) is 19.1 Å². The Labute approximate surface area is 163 Å². The molecule has 0 bridgehead atoms. The highest BCUT2D eigenvalue weighted by atomic mass is 16.3. The Morgan fingerprint density at radius 2 is 1.57 bits per heavy atom. The number of rotatable bonds is 9. The average molecular weight is 387 g/mol. The summed E-state index contributed by atoms with van der Waals surface area (Å²) >= 11 is 0. The smallest absolute Gasteiger partial charge is 0.255 e. The van der Waals surface area contributed by atoms with Gasteiger partial charge in [-0.25, -0.2) is 0 Å². The molecule has 8 heteroatoms. The van der Waals surface area contributed by atoms with Crippen molar-refractivity contribution < 1.29 is 24.9 Å². The van der Waals surface area contributed by atoms with E-state index in [1.165, 1.54) is 24.3 Å². The number of nitrogens with one attached hydrogen (secondary N) is 2. The number of amides is 2. The number of hydrogen-bond donors (Lipinski definition) is 6. The van der Waals surface area contributed by atoms with Crippen molar-refractivity contribution in [1.29, 1.82) is 0 Å². The van der Waals surface area contributed by atoms with Crippen molar-refractivity contribution in [1.82, 2.24) is 10.6 Å². The predicted octanol–water partition coefficient (Wildman–Crippen LogP) is 1.46. The minimum absolute atomic E-state index is 0.0200. The lowest BCUT2D eigenvalue weighted by atomic mass is 10.1. The zero-order chi connectivity index (χ0) is 20.5. The molecule has 0 aliphatic carbocycles. The molecular weight excluding hydrogens is 362 g/mol. The number of benzene rings is 2. The molecule has 8 nitrogen and oxygen atoms in total. The van der Waals surface area contributed by atoms with Crippen molar-refractivity contribution >= 4 is 11.8 Å². The van der Waals surface area contributed by atoms with Crippen LogP contribution in [0, 0.1) is 0 Å². The van der Waals surface area contributed by atoms with Gasteiger partial charge in [-0.05, 0) is 43.5 Å². The van der Waals surface area contributed by atoms with E-state index in [4.69, 9.17) is 5.73 Å². The largest absolute Gasteiger partial charge is 0.507 e. The number of unbranched alkanes of at least 4 members (excludes halogenated alkanes) is 1. The van der Waals surface area contributed by atoms with Crippen LogP contribution in [0.2, 0.25) is 0 Å². The molecule has 0 spiro atoms. The lowest BCUT2D eigenvalue weighted by Crippen LogP contribution is -2.40. The van der Waals surface area contributed by atoms with Crippen LogP contribution < -0.4 is 16.4 Å². The Bertz CT molecular complexity index is 825. The van der Waals surface area contributed by atoms with Crippen molar-refractivity contribution in [2.75, 3.05) is 13.1 Å². The summed E-state index contributed by atoms with van der Waals surface area (Å²) in [4.78, 5) is 24.2. The fraction of sp³-hybridized carbons (Fsp3) is 0.300. The molecule has 0 aliphatic heterocycles. The molecule has 150 valence electrons. The SMILES string of the molecule is NC[C@H](CCCCNC(=O)c1ccccc1O)NC(=O)c1cccc(O)c1O. The molecule has 1 atom stereocenters. The first-order chi connectivity index (χ1) is 13.4. The Balaban J connectivity index is 1.75. The van der Waals surface area contributed by atoms with Gasteiger partial charge in [0.25, 0.3) is 11.8 Å². The van der Waals surface area contributed by atoms with Crippen molar-refractivity contribution in [2.24, 2.45) is 5.73 Å². The summed E-state index contributed by atoms with van der Waals surface area (Å²) < 4.78 is 0. The van der Waals surface area contributed by atoms with E-state index in [0.717, 1.165) is 0 Å². The molecule has 2 amide bonds. The number of aromatic hydroxyl groups is 3. The fourth-order valence-electron chi connectivity index (χ4n) is 2.71. The number of carbonyl (C=O) groups is 2. The van der Waals surface area contributed by atoms with Gasteiger partial charge in [-0.2, -0.15) is 0 Å². The summed E-state index contributed by atoms with van der Waals surface area (Å²) in [5, 5.41) is 34.4. The Hall–Kier alpha value is -3.26. The van der Waals surface area contributed by atoms with Crippen LogP contribution in [0.3, 0.4) is 0 Å². The Kier molecular flexibility index (Phi) is 7.65. The number of phenolic OH excluding ortho intramolecular Hbond substituents is 3. The van der Waals surface area contributed by atoms with E-state index >= 15 is 0 Å². The van der Waals surface area contributed by atoms with Crippen LogP contribution in [-0.4, -0.2) is 46.3 Å². The molecule has 2 rings (SSSR count). The van der Waals surface area contributed by atoms with Gasteiger partial charge in [-0.15, -0.1) is 0 Å². The highest BCUT2D eigenvalue weighted by molar-refractivity contribution is 5.98. The van der Waals surface area contributed by atoms with E-state index in [0.29, 0.717) is 25.8 Å². The molecule has 0 radical (unpaired) electrons. The van der Waals surface area contributed by atoms with Gasteiger partial charge in [0.2, 0.25) is 0 Å². The molecule has 7 N–H and O–H groups in total. The molecular formula is C20H25N3O5. The minimum Gasteiger partial charge on any atom is -0.507 e. The molecule has 2 aromatic carbocycles. The van der Waals surface area contributed by atoms with Crippen molar-refractivity contribution in [3.8, 4) is 17.2 Å². The van der Waals surface area contributed by atoms with Crippen LogP contribution in [0.4, 0.5) is 0 Å². The van der Waals surface area contributed by atoms with Gasteiger partial charge in [-0.3, -0.25) is 9.59 Å². The first-order valence-corrected chi connectivity index (χ1v) is 9.02. The molecule has 0 fully saturated rings. The topological polar surface area (TPSA) is 145 Å². The quantitative estimate of drug-likeness (QED) is 0.284. The van der Waals surface area contributed by atoms with Crippen molar-refractivity contribution in [3.05, 3.63) is 53.6 Å². The highest BCUT2D eigenvalue weighted by Crippen LogP contribution is 2.28. The maximum absolute atomic E-state index is 12.2. The maximum atomic E-state index is 12.2. The molecule has 0 saturated heterocycles. The Morgan fingerprint density at radius 1 is 0.893 bits per heavy atom. The Morgan fingerprint density at radius 3 is 2.29 bits per heavy atom. The zero-order valence-corrected chi connectivity index (χ0v) is 15.4. The number of phenols is 3. The summed E-state index contributed by atoms with van der Waals surface area (Å²) in [6, 6.07) is 10.2. The van der Waals surface area contributed by atoms with Crippen LogP contribution in [0.5, 0.6) is 17.2 Å². The second kappa shape index (κ2) is 10.2. The fourth-order valence-corrected chi connectivity index (χ4v) is 2.71. The molecule has 0 aliphatic rings. The minimum atomic E-state index is -0.517. The van der Waals surface area contributed by atoms with Crippen LogP contribution in [0.1, 0.15) is 40.0 Å². The lowest BCUT2D eigenvalue weighted by Gasteiger charge is -2.17. The highest BCUT2D eigenvalue weighted by Gasteiger charge is 2.17. The number of carbonyl (C=O) groups excluding carboxylic acids is 2. The third-order valence-electron chi connectivity index (χ3n) is 4.29. The summed E-state index contributed by atoms with van der Waals surface area (Å²) in [6.07, 6.45) is 1.96. The van der Waals surface area contributed by atoms with E-state index in [2.05, 4.69) is 10.6 Å². The molecule has 0 heterocycles. The third-order valence-corrected chi connectivity index (χ3v) is 4.29. The standard InChI is InChI=1S/C20H25N3O5/c21-12-13(23-20(28)15-8-5-10-17(25)18(15)26)6-3-4-11-22-19(27)14-7-1-2-9-16(14)24/h1-2,5,7-10,13,24-26H,3-4,6,11-12,21H2,(H,22,27)(H,23,28)/t13-/m0/s1. The summed E-state index contributed by atoms with van der Waals surface area (Å²) in [7, 11) is 0. The lowest BCUT2D eigenvalue weighted by molar-refractivity contribution is 0.0931. The molecule has 0 aromatic heterocycles. The van der Waals surface area contributed by atoms with E-state index in [1.54, 1.807) is 18.2 Å². The molecule has 2 aromatic rings. The second-order valence-electron chi connectivity index (χ2n) is 6.35. The first kappa shape index (κ1) is 21.0. The van der Waals surface area contributed by atoms with Gasteiger partial charge in [0.1, 0.15) is 5.75 Å². The average Bonchev–Trinajstić information content (AvgIpc) is 2.68. The van der Waals surface area contributed by atoms with Gasteiger partial charge in [0.15, 0.2) is 11.5 Å². The summed E-state index contributed by atoms with van der Waals surface area (Å²) in [5.74, 6) is -1.77. The summed E-state index contributed by atoms with van der Waals surface area (Å²) in [5.41, 5.74) is 5.90. The predicted molar refractivity (Wildman–Crippen MR) is 104 cm³/mol. The maximum Gasteiger partial charge on any atom is 0.255 e. The van der Waals surface area contributed by atoms with Gasteiger partial charge < -0.3 is 31.7 Å². The van der Waals surface area contributed by atoms with Crippen LogP contribution in [0.25, 0.3) is 0 Å². The van der Waals surface area contributed by atoms with Gasteiger partial charge in [0.05, 0.1) is 11.1 Å². The second-order valence-corrected chi connectivity index (χ2v) is 6.35. The number of nitrogens with two attached hydrogens (primary N) is 1. The third kappa shape index (κ3) is 5.62. The first-order valence-electron chi connectivity index (χ1n) is 9.02. The van der Waals surface area contributed by atoms with Crippen LogP contribution in [0.15, 0.2) is 42.5 Å².